The quantitative estimate of drug-likeness (QED) is 0.762. The Labute approximate surface area is 137 Å². The Bertz CT molecular complexity index is 762. The number of aryl methyl sites for hydroxylation is 1. The highest BCUT2D eigenvalue weighted by Crippen LogP contribution is 2.23. The fourth-order valence-electron chi connectivity index (χ4n) is 2.88. The molecule has 1 atom stereocenters. The molecule has 1 unspecified atom stereocenters. The summed E-state index contributed by atoms with van der Waals surface area (Å²) in [4.78, 5) is 38.9. The zero-order chi connectivity index (χ0) is 16.4. The van der Waals surface area contributed by atoms with Gasteiger partial charge in [0.25, 0.3) is 0 Å². The first-order chi connectivity index (χ1) is 11.1. The highest BCUT2D eigenvalue weighted by atomic mass is 32.1. The van der Waals surface area contributed by atoms with Gasteiger partial charge in [-0.2, -0.15) is 5.10 Å². The number of hydrogen-bond donors (Lipinski definition) is 0. The first kappa shape index (κ1) is 15.7. The van der Waals surface area contributed by atoms with Gasteiger partial charge < -0.3 is 4.90 Å². The van der Waals surface area contributed by atoms with Crippen molar-refractivity contribution in [1.29, 1.82) is 0 Å². The molecule has 2 aromatic heterocycles. The van der Waals surface area contributed by atoms with Gasteiger partial charge in [-0.1, -0.05) is 6.07 Å². The van der Waals surface area contributed by atoms with Crippen molar-refractivity contribution in [2.24, 2.45) is 7.05 Å². The Hall–Kier alpha value is -2.22. The van der Waals surface area contributed by atoms with E-state index < -0.39 is 0 Å². The number of ketones is 1. The molecule has 23 heavy (non-hydrogen) atoms. The van der Waals surface area contributed by atoms with Crippen molar-refractivity contribution in [3.63, 3.8) is 0 Å². The predicted molar refractivity (Wildman–Crippen MR) is 85.5 cm³/mol. The number of hydrogen-bond acceptors (Lipinski definition) is 5. The summed E-state index contributed by atoms with van der Waals surface area (Å²) in [6.45, 7) is 0.548. The maximum absolute atomic E-state index is 12.5. The summed E-state index contributed by atoms with van der Waals surface area (Å²) in [6.07, 6.45) is 3.42. The van der Waals surface area contributed by atoms with Gasteiger partial charge in [0, 0.05) is 26.1 Å². The van der Waals surface area contributed by atoms with Crippen molar-refractivity contribution >= 4 is 23.0 Å². The Morgan fingerprint density at radius 1 is 1.43 bits per heavy atom. The molecule has 0 N–H and O–H groups in total. The molecule has 1 amide bonds. The van der Waals surface area contributed by atoms with Crippen LogP contribution >= 0.6 is 11.3 Å². The van der Waals surface area contributed by atoms with Gasteiger partial charge >= 0.3 is 5.69 Å². The SMILES string of the molecule is Cn1cnn(CC(=O)N2CCCC2CC(=O)c2cccs2)c1=O. The van der Waals surface area contributed by atoms with Crippen LogP contribution in [0.1, 0.15) is 28.9 Å². The van der Waals surface area contributed by atoms with Crippen LogP contribution in [0.2, 0.25) is 0 Å². The minimum absolute atomic E-state index is 0.0692. The number of rotatable bonds is 5. The molecule has 7 nitrogen and oxygen atoms in total. The average Bonchev–Trinajstić information content (AvgIpc) is 3.25. The molecule has 1 aliphatic rings. The summed E-state index contributed by atoms with van der Waals surface area (Å²) in [5, 5.41) is 5.78. The number of amides is 1. The normalized spacial score (nSPS) is 17.6. The topological polar surface area (TPSA) is 77.2 Å². The second-order valence-electron chi connectivity index (χ2n) is 5.67. The molecule has 3 heterocycles. The molecule has 3 rings (SSSR count). The summed E-state index contributed by atoms with van der Waals surface area (Å²) < 4.78 is 2.48. The number of nitrogens with zero attached hydrogens (tertiary/aromatic N) is 4. The van der Waals surface area contributed by atoms with Crippen molar-refractivity contribution in [3.05, 3.63) is 39.2 Å². The lowest BCUT2D eigenvalue weighted by Crippen LogP contribution is -2.40. The minimum Gasteiger partial charge on any atom is -0.338 e. The number of Topliss-reactive ketones (excluding diaryl/α,β-unsaturated/α-hetero) is 1. The van der Waals surface area contributed by atoms with Crippen molar-refractivity contribution < 1.29 is 9.59 Å². The number of aromatic nitrogens is 3. The fourth-order valence-corrected chi connectivity index (χ4v) is 3.55. The van der Waals surface area contributed by atoms with Gasteiger partial charge in [0.15, 0.2) is 5.78 Å². The maximum atomic E-state index is 12.5. The molecule has 0 saturated carbocycles. The van der Waals surface area contributed by atoms with E-state index in [1.54, 1.807) is 11.9 Å². The number of thiophene rings is 1. The fraction of sp³-hybridized carbons (Fsp3) is 0.467. The molecule has 0 aromatic carbocycles. The average molecular weight is 334 g/mol. The molecular weight excluding hydrogens is 316 g/mol. The molecule has 1 saturated heterocycles. The highest BCUT2D eigenvalue weighted by molar-refractivity contribution is 7.12. The molecule has 0 bridgehead atoms. The lowest BCUT2D eigenvalue weighted by Gasteiger charge is -2.24. The first-order valence-corrected chi connectivity index (χ1v) is 8.39. The van der Waals surface area contributed by atoms with Crippen LogP contribution in [0.4, 0.5) is 0 Å². The van der Waals surface area contributed by atoms with Crippen molar-refractivity contribution in [1.82, 2.24) is 19.2 Å². The van der Waals surface area contributed by atoms with Gasteiger partial charge in [0.2, 0.25) is 5.91 Å². The van der Waals surface area contributed by atoms with Gasteiger partial charge in [-0.25, -0.2) is 9.48 Å². The van der Waals surface area contributed by atoms with E-state index in [9.17, 15) is 14.4 Å². The zero-order valence-corrected chi connectivity index (χ0v) is 13.7. The predicted octanol–water partition coefficient (Wildman–Crippen LogP) is 0.907. The maximum Gasteiger partial charge on any atom is 0.345 e. The molecule has 0 aliphatic carbocycles. The standard InChI is InChI=1S/C15H18N4O3S/c1-17-10-16-19(15(17)22)9-14(21)18-6-2-4-11(18)8-12(20)13-5-3-7-23-13/h3,5,7,10-11H,2,4,6,8-9H2,1H3. The third-order valence-electron chi connectivity index (χ3n) is 4.09. The van der Waals surface area contributed by atoms with E-state index in [0.29, 0.717) is 13.0 Å². The monoisotopic (exact) mass is 334 g/mol. The second-order valence-corrected chi connectivity index (χ2v) is 6.62. The summed E-state index contributed by atoms with van der Waals surface area (Å²) in [7, 11) is 1.59. The Balaban J connectivity index is 1.66. The molecular formula is C15H18N4O3S. The molecule has 2 aromatic rings. The molecule has 0 spiro atoms. The van der Waals surface area contributed by atoms with Crippen LogP contribution < -0.4 is 5.69 Å². The highest BCUT2D eigenvalue weighted by Gasteiger charge is 2.31. The summed E-state index contributed by atoms with van der Waals surface area (Å²) in [6, 6.07) is 3.57. The molecule has 1 fully saturated rings. The van der Waals surface area contributed by atoms with Crippen LogP contribution in [-0.2, 0) is 18.4 Å². The third kappa shape index (κ3) is 3.26. The van der Waals surface area contributed by atoms with Crippen LogP contribution in [0.25, 0.3) is 0 Å². The van der Waals surface area contributed by atoms with Gasteiger partial charge in [0.05, 0.1) is 4.88 Å². The lowest BCUT2D eigenvalue weighted by molar-refractivity contribution is -0.132. The second kappa shape index (κ2) is 6.49. The number of carbonyl (C=O) groups excluding carboxylic acids is 2. The molecule has 1 aliphatic heterocycles. The van der Waals surface area contributed by atoms with E-state index in [4.69, 9.17) is 0 Å². The Morgan fingerprint density at radius 2 is 2.26 bits per heavy atom. The van der Waals surface area contributed by atoms with Crippen molar-refractivity contribution in [3.8, 4) is 0 Å². The van der Waals surface area contributed by atoms with Crippen LogP contribution in [-0.4, -0.2) is 43.5 Å². The van der Waals surface area contributed by atoms with Crippen molar-refractivity contribution in [2.45, 2.75) is 31.8 Å². The number of likely N-dealkylation sites (tertiary alicyclic amines) is 1. The van der Waals surface area contributed by atoms with Gasteiger partial charge in [-0.05, 0) is 24.3 Å². The van der Waals surface area contributed by atoms with E-state index in [-0.39, 0.29) is 30.0 Å². The number of carbonyl (C=O) groups is 2. The van der Waals surface area contributed by atoms with Gasteiger partial charge in [-0.3, -0.25) is 14.2 Å². The van der Waals surface area contributed by atoms with Gasteiger partial charge in [0.1, 0.15) is 12.9 Å². The molecule has 122 valence electrons. The summed E-state index contributed by atoms with van der Waals surface area (Å²) in [5.74, 6) is -0.0908. The van der Waals surface area contributed by atoms with E-state index in [1.807, 2.05) is 17.5 Å². The lowest BCUT2D eigenvalue weighted by atomic mass is 10.1. The summed E-state index contributed by atoms with van der Waals surface area (Å²) >= 11 is 1.42. The van der Waals surface area contributed by atoms with Gasteiger partial charge in [-0.15, -0.1) is 11.3 Å². The molecule has 8 heteroatoms. The smallest absolute Gasteiger partial charge is 0.338 e. The Kier molecular flexibility index (Phi) is 4.42. The largest absolute Gasteiger partial charge is 0.345 e. The Morgan fingerprint density at radius 3 is 2.91 bits per heavy atom. The van der Waals surface area contributed by atoms with E-state index in [1.165, 1.54) is 22.2 Å². The van der Waals surface area contributed by atoms with E-state index >= 15 is 0 Å². The third-order valence-corrected chi connectivity index (χ3v) is 5.00. The van der Waals surface area contributed by atoms with Crippen molar-refractivity contribution in [2.75, 3.05) is 6.54 Å². The zero-order valence-electron chi connectivity index (χ0n) is 12.8. The van der Waals surface area contributed by atoms with E-state index in [0.717, 1.165) is 22.4 Å². The van der Waals surface area contributed by atoms with Crippen LogP contribution in [0.15, 0.2) is 28.6 Å². The summed E-state index contributed by atoms with van der Waals surface area (Å²) in [5.41, 5.74) is -0.316. The first-order valence-electron chi connectivity index (χ1n) is 7.51. The molecule has 0 radical (unpaired) electrons. The minimum atomic E-state index is -0.316. The van der Waals surface area contributed by atoms with Crippen LogP contribution in [0.5, 0.6) is 0 Å². The van der Waals surface area contributed by atoms with Crippen LogP contribution in [0.3, 0.4) is 0 Å². The van der Waals surface area contributed by atoms with E-state index in [2.05, 4.69) is 5.10 Å². The van der Waals surface area contributed by atoms with Crippen LogP contribution in [0, 0.1) is 0 Å².